The van der Waals surface area contributed by atoms with E-state index in [9.17, 15) is 24.6 Å². The van der Waals surface area contributed by atoms with Crippen LogP contribution in [0.1, 0.15) is 56.1 Å². The van der Waals surface area contributed by atoms with Crippen molar-refractivity contribution in [2.45, 2.75) is 44.9 Å². The highest BCUT2D eigenvalue weighted by Crippen LogP contribution is 2.40. The number of nitrogens with zero attached hydrogens (tertiary/aromatic N) is 2. The minimum atomic E-state index is -1.21. The van der Waals surface area contributed by atoms with Crippen molar-refractivity contribution >= 4 is 29.4 Å². The Morgan fingerprint density at radius 3 is 2.27 bits per heavy atom. The standard InChI is InChI=1S/C36H40N4O5/c1-23-31(34(41)42)33(32(35(43)44)24(2)38-23)29-13-7-14-30(22-29)39-36(45)37-17-8-18-40-19-15-26(16-20-40)28-12-6-11-27(21-28)25-9-4-3-5-10-25/h3-7,9-14,21-22,26,31,33H,8,15-20H2,1-2H3,(H,41,42)(H,43,44)(H2,37,39,45). The van der Waals surface area contributed by atoms with Crippen LogP contribution in [0, 0.1) is 5.92 Å². The Labute approximate surface area is 263 Å². The van der Waals surface area contributed by atoms with E-state index < -0.39 is 23.8 Å². The zero-order valence-corrected chi connectivity index (χ0v) is 25.7. The molecule has 234 valence electrons. The van der Waals surface area contributed by atoms with Crippen molar-refractivity contribution < 1.29 is 24.6 Å². The van der Waals surface area contributed by atoms with Crippen LogP contribution in [0.15, 0.2) is 95.1 Å². The number of carbonyl (C=O) groups is 3. The summed E-state index contributed by atoms with van der Waals surface area (Å²) < 4.78 is 0. The van der Waals surface area contributed by atoms with Gasteiger partial charge in [0.25, 0.3) is 0 Å². The number of hydrogen-bond acceptors (Lipinski definition) is 5. The molecule has 3 aromatic rings. The molecule has 2 amide bonds. The lowest BCUT2D eigenvalue weighted by atomic mass is 9.75. The topological polar surface area (TPSA) is 131 Å². The molecule has 4 N–H and O–H groups in total. The molecular formula is C36H40N4O5. The zero-order valence-electron chi connectivity index (χ0n) is 25.7. The summed E-state index contributed by atoms with van der Waals surface area (Å²) in [6, 6.07) is 25.7. The number of allylic oxidation sites excluding steroid dienone is 1. The third kappa shape index (κ3) is 7.67. The molecule has 0 spiro atoms. The highest BCUT2D eigenvalue weighted by atomic mass is 16.4. The van der Waals surface area contributed by atoms with Gasteiger partial charge < -0.3 is 25.7 Å². The van der Waals surface area contributed by atoms with Gasteiger partial charge >= 0.3 is 18.0 Å². The SMILES string of the molecule is CC1=NC(C)=C(C(=O)O)C(c2cccc(NC(=O)NCCCN3CCC(c4cccc(-c5ccccc5)c4)CC3)c2)C1C(=O)O. The first kappa shape index (κ1) is 31.7. The number of carboxylic acids is 2. The molecule has 0 saturated carbocycles. The second kappa shape index (κ2) is 14.3. The lowest BCUT2D eigenvalue weighted by Crippen LogP contribution is -2.36. The number of urea groups is 1. The van der Waals surface area contributed by atoms with E-state index >= 15 is 0 Å². The van der Waals surface area contributed by atoms with Gasteiger partial charge in [-0.05, 0) is 93.0 Å². The van der Waals surface area contributed by atoms with Crippen molar-refractivity contribution in [3.8, 4) is 11.1 Å². The molecule has 0 aliphatic carbocycles. The summed E-state index contributed by atoms with van der Waals surface area (Å²) in [7, 11) is 0. The molecule has 45 heavy (non-hydrogen) atoms. The van der Waals surface area contributed by atoms with E-state index in [0.717, 1.165) is 38.9 Å². The van der Waals surface area contributed by atoms with Crippen LogP contribution in [0.2, 0.25) is 0 Å². The van der Waals surface area contributed by atoms with Gasteiger partial charge in [-0.25, -0.2) is 9.59 Å². The number of nitrogens with one attached hydrogen (secondary N) is 2. The van der Waals surface area contributed by atoms with Gasteiger partial charge in [0, 0.05) is 29.6 Å². The molecule has 2 aliphatic heterocycles. The lowest BCUT2D eigenvalue weighted by Gasteiger charge is -2.32. The van der Waals surface area contributed by atoms with Gasteiger partial charge in [-0.2, -0.15) is 0 Å². The summed E-state index contributed by atoms with van der Waals surface area (Å²) in [6.45, 7) is 6.62. The number of aliphatic carboxylic acids is 2. The van der Waals surface area contributed by atoms with Crippen molar-refractivity contribution in [3.05, 3.63) is 101 Å². The van der Waals surface area contributed by atoms with Crippen molar-refractivity contribution in [3.63, 3.8) is 0 Å². The predicted molar refractivity (Wildman–Crippen MR) is 176 cm³/mol. The summed E-state index contributed by atoms with van der Waals surface area (Å²) in [5.74, 6) is -3.86. The minimum absolute atomic E-state index is 0.0562. The predicted octanol–water partition coefficient (Wildman–Crippen LogP) is 6.36. The van der Waals surface area contributed by atoms with Crippen molar-refractivity contribution in [2.24, 2.45) is 10.9 Å². The van der Waals surface area contributed by atoms with Crippen LogP contribution in [0.25, 0.3) is 11.1 Å². The van der Waals surface area contributed by atoms with Gasteiger partial charge in [-0.3, -0.25) is 9.79 Å². The summed E-state index contributed by atoms with van der Waals surface area (Å²) in [4.78, 5) is 43.5. The number of anilines is 1. The van der Waals surface area contributed by atoms with Gasteiger partial charge in [0.15, 0.2) is 0 Å². The van der Waals surface area contributed by atoms with Crippen LogP contribution in [-0.2, 0) is 9.59 Å². The number of hydrogen-bond donors (Lipinski definition) is 4. The fourth-order valence-electron chi connectivity index (χ4n) is 6.58. The first-order valence-electron chi connectivity index (χ1n) is 15.5. The number of amides is 2. The molecule has 3 aromatic carbocycles. The molecule has 2 atom stereocenters. The molecule has 0 aromatic heterocycles. The molecular weight excluding hydrogens is 568 g/mol. The van der Waals surface area contributed by atoms with Crippen LogP contribution in [0.4, 0.5) is 10.5 Å². The Kier molecular flexibility index (Phi) is 10.1. The maximum absolute atomic E-state index is 12.7. The number of likely N-dealkylation sites (tertiary alicyclic amines) is 1. The largest absolute Gasteiger partial charge is 0.481 e. The summed E-state index contributed by atoms with van der Waals surface area (Å²) in [5.41, 5.74) is 5.39. The average Bonchev–Trinajstić information content (AvgIpc) is 3.03. The van der Waals surface area contributed by atoms with E-state index in [1.54, 1.807) is 38.1 Å². The Morgan fingerprint density at radius 1 is 0.867 bits per heavy atom. The monoisotopic (exact) mass is 608 g/mol. The Bertz CT molecular complexity index is 1610. The van der Waals surface area contributed by atoms with Crippen LogP contribution in [0.5, 0.6) is 0 Å². The molecule has 0 bridgehead atoms. The summed E-state index contributed by atoms with van der Waals surface area (Å²) in [5, 5.41) is 25.5. The third-order valence-electron chi connectivity index (χ3n) is 8.82. The maximum Gasteiger partial charge on any atom is 0.334 e. The molecule has 5 rings (SSSR count). The Balaban J connectivity index is 1.10. The minimum Gasteiger partial charge on any atom is -0.481 e. The second-order valence-electron chi connectivity index (χ2n) is 11.8. The Morgan fingerprint density at radius 2 is 1.56 bits per heavy atom. The van der Waals surface area contributed by atoms with E-state index in [2.05, 4.69) is 69.1 Å². The number of rotatable bonds is 10. The molecule has 1 saturated heterocycles. The van der Waals surface area contributed by atoms with Gasteiger partial charge in [0.05, 0.1) is 5.57 Å². The lowest BCUT2D eigenvalue weighted by molar-refractivity contribution is -0.140. The fourth-order valence-corrected chi connectivity index (χ4v) is 6.58. The van der Waals surface area contributed by atoms with Gasteiger partial charge in [-0.1, -0.05) is 66.7 Å². The van der Waals surface area contributed by atoms with E-state index in [-0.39, 0.29) is 17.3 Å². The van der Waals surface area contributed by atoms with Crippen LogP contribution < -0.4 is 10.6 Å². The average molecular weight is 609 g/mol. The molecule has 9 nitrogen and oxygen atoms in total. The number of aliphatic imine (C=N–C) groups is 1. The van der Waals surface area contributed by atoms with Gasteiger partial charge in [0.1, 0.15) is 5.92 Å². The Hall–Kier alpha value is -4.76. The third-order valence-corrected chi connectivity index (χ3v) is 8.82. The number of benzene rings is 3. The number of carbonyl (C=O) groups excluding carboxylic acids is 1. The van der Waals surface area contributed by atoms with E-state index in [1.165, 1.54) is 16.7 Å². The first-order chi connectivity index (χ1) is 21.7. The molecule has 2 unspecified atom stereocenters. The van der Waals surface area contributed by atoms with Crippen LogP contribution >= 0.6 is 0 Å². The summed E-state index contributed by atoms with van der Waals surface area (Å²) >= 11 is 0. The van der Waals surface area contributed by atoms with Crippen LogP contribution in [0.3, 0.4) is 0 Å². The fraction of sp³-hybridized carbons (Fsp3) is 0.333. The number of piperidine rings is 1. The van der Waals surface area contributed by atoms with E-state index in [1.807, 2.05) is 6.07 Å². The van der Waals surface area contributed by atoms with Crippen LogP contribution in [-0.4, -0.2) is 65.0 Å². The van der Waals surface area contributed by atoms with Crippen molar-refractivity contribution in [2.75, 3.05) is 31.5 Å². The highest BCUT2D eigenvalue weighted by Gasteiger charge is 2.41. The second-order valence-corrected chi connectivity index (χ2v) is 11.8. The van der Waals surface area contributed by atoms with E-state index in [4.69, 9.17) is 0 Å². The van der Waals surface area contributed by atoms with Crippen molar-refractivity contribution in [1.29, 1.82) is 0 Å². The van der Waals surface area contributed by atoms with Gasteiger partial charge in [0.2, 0.25) is 0 Å². The first-order valence-corrected chi connectivity index (χ1v) is 15.5. The number of carboxylic acid groups (broad SMARTS) is 2. The van der Waals surface area contributed by atoms with Gasteiger partial charge in [-0.15, -0.1) is 0 Å². The van der Waals surface area contributed by atoms with E-state index in [0.29, 0.717) is 29.4 Å². The highest BCUT2D eigenvalue weighted by molar-refractivity contribution is 6.06. The molecule has 2 aliphatic rings. The normalized spacial score (nSPS) is 19.1. The quantitative estimate of drug-likeness (QED) is 0.198. The molecule has 1 fully saturated rings. The smallest absolute Gasteiger partial charge is 0.334 e. The summed E-state index contributed by atoms with van der Waals surface area (Å²) in [6.07, 6.45) is 3.03. The van der Waals surface area contributed by atoms with Crippen molar-refractivity contribution in [1.82, 2.24) is 10.2 Å². The molecule has 9 heteroatoms. The molecule has 2 heterocycles. The maximum atomic E-state index is 12.7. The zero-order chi connectivity index (χ0) is 31.9. The molecule has 0 radical (unpaired) electrons.